The second kappa shape index (κ2) is 6.23. The summed E-state index contributed by atoms with van der Waals surface area (Å²) in [6.45, 7) is 0. The van der Waals surface area contributed by atoms with Gasteiger partial charge in [-0.3, -0.25) is 0 Å². The van der Waals surface area contributed by atoms with Crippen molar-refractivity contribution in [1.29, 1.82) is 0 Å². The normalized spacial score (nSPS) is 12.5. The largest absolute Gasteiger partial charge is 0.388 e. The maximum Gasteiger partial charge on any atom is 0.127 e. The topological polar surface area (TPSA) is 20.2 Å². The first-order chi connectivity index (χ1) is 8.99. The van der Waals surface area contributed by atoms with Crippen LogP contribution in [0.2, 0.25) is 10.0 Å². The Kier molecular flexibility index (Phi) is 4.85. The Morgan fingerprint density at radius 2 is 1.95 bits per heavy atom. The zero-order valence-electron chi connectivity index (χ0n) is 9.71. The molecule has 0 saturated carbocycles. The molecule has 2 rings (SSSR count). The van der Waals surface area contributed by atoms with Crippen LogP contribution in [0, 0.1) is 5.82 Å². The van der Waals surface area contributed by atoms with Crippen molar-refractivity contribution in [1.82, 2.24) is 0 Å². The Balaban J connectivity index is 2.25. The Hall–Kier alpha value is -0.610. The lowest BCUT2D eigenvalue weighted by Crippen LogP contribution is -2.04. The van der Waals surface area contributed by atoms with Gasteiger partial charge in [-0.1, -0.05) is 57.3 Å². The fourth-order valence-corrected chi connectivity index (χ4v) is 2.55. The first kappa shape index (κ1) is 14.8. The Bertz CT molecular complexity index is 604. The number of benzene rings is 2. The van der Waals surface area contributed by atoms with E-state index in [4.69, 9.17) is 23.2 Å². The van der Waals surface area contributed by atoms with E-state index in [2.05, 4.69) is 15.9 Å². The zero-order chi connectivity index (χ0) is 14.0. The van der Waals surface area contributed by atoms with Gasteiger partial charge in [0.1, 0.15) is 5.82 Å². The molecule has 2 aromatic carbocycles. The zero-order valence-corrected chi connectivity index (χ0v) is 12.8. The lowest BCUT2D eigenvalue weighted by Gasteiger charge is -2.14. The van der Waals surface area contributed by atoms with E-state index in [1.54, 1.807) is 30.3 Å². The maximum absolute atomic E-state index is 13.7. The number of halogens is 4. The summed E-state index contributed by atoms with van der Waals surface area (Å²) in [7, 11) is 0. The molecule has 0 heterocycles. The molecule has 0 aliphatic heterocycles. The predicted octanol–water partition coefficient (Wildman–Crippen LogP) is 5.17. The molecule has 2 aromatic rings. The van der Waals surface area contributed by atoms with E-state index in [9.17, 15) is 9.50 Å². The van der Waals surface area contributed by atoms with Gasteiger partial charge in [0.2, 0.25) is 0 Å². The smallest absolute Gasteiger partial charge is 0.127 e. The van der Waals surface area contributed by atoms with Crippen LogP contribution in [0.3, 0.4) is 0 Å². The molecule has 0 bridgehead atoms. The highest BCUT2D eigenvalue weighted by Gasteiger charge is 2.16. The molecule has 1 nitrogen and oxygen atoms in total. The molecular weight excluding hydrogens is 354 g/mol. The molecule has 0 aliphatic rings. The van der Waals surface area contributed by atoms with Crippen molar-refractivity contribution >= 4 is 39.1 Å². The Morgan fingerprint density at radius 1 is 1.21 bits per heavy atom. The van der Waals surface area contributed by atoms with Gasteiger partial charge in [0, 0.05) is 16.5 Å². The molecule has 0 fully saturated rings. The van der Waals surface area contributed by atoms with Crippen molar-refractivity contribution < 1.29 is 9.50 Å². The third-order valence-corrected chi connectivity index (χ3v) is 4.10. The minimum absolute atomic E-state index is 0.138. The summed E-state index contributed by atoms with van der Waals surface area (Å²) >= 11 is 15.1. The number of aliphatic hydroxyl groups is 1. The van der Waals surface area contributed by atoms with Crippen molar-refractivity contribution in [2.24, 2.45) is 0 Å². The van der Waals surface area contributed by atoms with E-state index in [0.717, 1.165) is 0 Å². The summed E-state index contributed by atoms with van der Waals surface area (Å²) in [5, 5.41) is 10.8. The van der Waals surface area contributed by atoms with E-state index in [1.807, 2.05) is 0 Å². The first-order valence-electron chi connectivity index (χ1n) is 5.55. The van der Waals surface area contributed by atoms with Gasteiger partial charge in [-0.25, -0.2) is 4.39 Å². The molecule has 5 heteroatoms. The SMILES string of the molecule is OC(Cc1ccc(Br)cc1F)c1cccc(Cl)c1Cl. The van der Waals surface area contributed by atoms with Crippen LogP contribution >= 0.6 is 39.1 Å². The fourth-order valence-electron chi connectivity index (χ4n) is 1.78. The summed E-state index contributed by atoms with van der Waals surface area (Å²) < 4.78 is 14.4. The predicted molar refractivity (Wildman–Crippen MR) is 79.2 cm³/mol. The molecule has 0 amide bonds. The van der Waals surface area contributed by atoms with Crippen LogP contribution in [-0.2, 0) is 6.42 Å². The number of aliphatic hydroxyl groups excluding tert-OH is 1. The first-order valence-corrected chi connectivity index (χ1v) is 7.10. The van der Waals surface area contributed by atoms with Crippen LogP contribution in [0.4, 0.5) is 4.39 Å². The molecule has 0 aromatic heterocycles. The van der Waals surface area contributed by atoms with Gasteiger partial charge in [-0.15, -0.1) is 0 Å². The van der Waals surface area contributed by atoms with Crippen LogP contribution in [0.5, 0.6) is 0 Å². The van der Waals surface area contributed by atoms with Crippen LogP contribution in [0.25, 0.3) is 0 Å². The van der Waals surface area contributed by atoms with Crippen molar-refractivity contribution in [2.75, 3.05) is 0 Å². The third-order valence-electron chi connectivity index (χ3n) is 2.77. The van der Waals surface area contributed by atoms with Crippen molar-refractivity contribution in [3.63, 3.8) is 0 Å². The number of hydrogen-bond acceptors (Lipinski definition) is 1. The fraction of sp³-hybridized carbons (Fsp3) is 0.143. The summed E-state index contributed by atoms with van der Waals surface area (Å²) in [4.78, 5) is 0. The summed E-state index contributed by atoms with van der Waals surface area (Å²) in [6, 6.07) is 9.73. The lowest BCUT2D eigenvalue weighted by atomic mass is 10.0. The second-order valence-electron chi connectivity index (χ2n) is 4.10. The highest BCUT2D eigenvalue weighted by atomic mass is 79.9. The van der Waals surface area contributed by atoms with Crippen molar-refractivity contribution in [3.05, 3.63) is 67.9 Å². The second-order valence-corrected chi connectivity index (χ2v) is 5.80. The van der Waals surface area contributed by atoms with Crippen molar-refractivity contribution in [2.45, 2.75) is 12.5 Å². The molecule has 1 N–H and O–H groups in total. The maximum atomic E-state index is 13.7. The molecule has 19 heavy (non-hydrogen) atoms. The van der Waals surface area contributed by atoms with Crippen LogP contribution < -0.4 is 0 Å². The molecule has 0 spiro atoms. The highest BCUT2D eigenvalue weighted by molar-refractivity contribution is 9.10. The van der Waals surface area contributed by atoms with Gasteiger partial charge in [0.05, 0.1) is 16.1 Å². The number of rotatable bonds is 3. The van der Waals surface area contributed by atoms with Gasteiger partial charge >= 0.3 is 0 Å². The quantitative estimate of drug-likeness (QED) is 0.797. The van der Waals surface area contributed by atoms with Gasteiger partial charge in [-0.2, -0.15) is 0 Å². The van der Waals surface area contributed by atoms with Crippen LogP contribution in [-0.4, -0.2) is 5.11 Å². The summed E-state index contributed by atoms with van der Waals surface area (Å²) in [5.41, 5.74) is 0.920. The Labute approximate surface area is 129 Å². The van der Waals surface area contributed by atoms with Gasteiger partial charge in [0.25, 0.3) is 0 Å². The highest BCUT2D eigenvalue weighted by Crippen LogP contribution is 2.32. The average molecular weight is 364 g/mol. The average Bonchev–Trinajstić information content (AvgIpc) is 2.36. The minimum Gasteiger partial charge on any atom is -0.388 e. The van der Waals surface area contributed by atoms with E-state index < -0.39 is 6.10 Å². The van der Waals surface area contributed by atoms with Gasteiger partial charge < -0.3 is 5.11 Å². The molecule has 100 valence electrons. The van der Waals surface area contributed by atoms with E-state index >= 15 is 0 Å². The molecule has 1 unspecified atom stereocenters. The minimum atomic E-state index is -0.901. The van der Waals surface area contributed by atoms with Gasteiger partial charge in [0.15, 0.2) is 0 Å². The van der Waals surface area contributed by atoms with Gasteiger partial charge in [-0.05, 0) is 23.8 Å². The van der Waals surface area contributed by atoms with E-state index in [-0.39, 0.29) is 12.2 Å². The van der Waals surface area contributed by atoms with Crippen molar-refractivity contribution in [3.8, 4) is 0 Å². The monoisotopic (exact) mass is 362 g/mol. The van der Waals surface area contributed by atoms with Crippen LogP contribution in [0.1, 0.15) is 17.2 Å². The summed E-state index contributed by atoms with van der Waals surface area (Å²) in [6.07, 6.45) is -0.763. The van der Waals surface area contributed by atoms with E-state index in [1.165, 1.54) is 6.07 Å². The summed E-state index contributed by atoms with van der Waals surface area (Å²) in [5.74, 6) is -0.369. The number of hydrogen-bond donors (Lipinski definition) is 1. The third kappa shape index (κ3) is 3.48. The lowest BCUT2D eigenvalue weighted by molar-refractivity contribution is 0.177. The molecule has 1 atom stereocenters. The molecule has 0 saturated heterocycles. The standard InChI is InChI=1S/C14H10BrCl2FO/c15-9-5-4-8(12(18)7-9)6-13(19)10-2-1-3-11(16)14(10)17/h1-5,7,13,19H,6H2. The molecular formula is C14H10BrCl2FO. The Morgan fingerprint density at radius 3 is 2.63 bits per heavy atom. The van der Waals surface area contributed by atoms with E-state index in [0.29, 0.717) is 25.6 Å². The van der Waals surface area contributed by atoms with Crippen LogP contribution in [0.15, 0.2) is 40.9 Å². The molecule has 0 radical (unpaired) electrons. The molecule has 0 aliphatic carbocycles.